The van der Waals surface area contributed by atoms with Crippen molar-refractivity contribution in [1.82, 2.24) is 0 Å². The second-order valence-corrected chi connectivity index (χ2v) is 3.11. The number of ether oxygens (including phenoxy) is 1. The molecule has 1 aliphatic heterocycles. The van der Waals surface area contributed by atoms with Gasteiger partial charge >= 0.3 is 5.97 Å². The Morgan fingerprint density at radius 1 is 1.07 bits per heavy atom. The molecule has 8 heteroatoms. The summed E-state index contributed by atoms with van der Waals surface area (Å²) in [6.07, 6.45) is -5.64. The fraction of sp³-hybridized carbons (Fsp3) is 1.00. The van der Waals surface area contributed by atoms with Crippen LogP contribution in [0.15, 0.2) is 0 Å². The zero-order chi connectivity index (χ0) is 11.1. The summed E-state index contributed by atoms with van der Waals surface area (Å²) in [6, 6.07) is 0. The third kappa shape index (κ3) is 1.51. The fourth-order valence-corrected chi connectivity index (χ4v) is 1.15. The Kier molecular flexibility index (Phi) is 2.82. The first kappa shape index (κ1) is 11.8. The summed E-state index contributed by atoms with van der Waals surface area (Å²) in [5, 5.41) is 62.7. The third-order valence-electron chi connectivity index (χ3n) is 2.09. The van der Waals surface area contributed by atoms with Gasteiger partial charge in [0.25, 0.3) is 5.79 Å². The molecule has 0 aromatic carbocycles. The Balaban J connectivity index is 2.95. The van der Waals surface area contributed by atoms with Crippen LogP contribution in [0.3, 0.4) is 0 Å². The molecule has 0 aromatic rings. The Bertz CT molecular complexity index is 214. The van der Waals surface area contributed by atoms with E-state index >= 15 is 0 Å². The Labute approximate surface area is 78.2 Å². The van der Waals surface area contributed by atoms with Crippen molar-refractivity contribution in [2.75, 3.05) is 6.61 Å². The van der Waals surface area contributed by atoms with Gasteiger partial charge in [0.1, 0.15) is 18.3 Å². The topological polar surface area (TPSA) is 151 Å². The highest BCUT2D eigenvalue weighted by Crippen LogP contribution is 2.32. The van der Waals surface area contributed by atoms with Crippen LogP contribution in [0.2, 0.25) is 0 Å². The molecule has 0 saturated carbocycles. The average Bonchev–Trinajstić information content (AvgIpc) is 2.09. The molecule has 84 valence electrons. The van der Waals surface area contributed by atoms with E-state index in [1.807, 2.05) is 0 Å². The number of hydrogen-bond acceptors (Lipinski definition) is 8. The normalized spacial score (nSPS) is 40.9. The van der Waals surface area contributed by atoms with Gasteiger partial charge in [-0.2, -0.15) is 0 Å². The van der Waals surface area contributed by atoms with E-state index in [0.29, 0.717) is 0 Å². The molecule has 8 nitrogen and oxygen atoms in total. The molecule has 0 spiro atoms. The standard InChI is InChI=1S/C6H12O8/c7-1-2-3(8)4(9)5(10,11)6(12,13)14-2/h2-4,7-13H,1H2/t2-,3+,4+/m1/s1. The first-order valence-corrected chi connectivity index (χ1v) is 3.78. The van der Waals surface area contributed by atoms with Gasteiger partial charge in [0, 0.05) is 0 Å². The molecule has 0 unspecified atom stereocenters. The van der Waals surface area contributed by atoms with E-state index in [9.17, 15) is 0 Å². The van der Waals surface area contributed by atoms with Gasteiger partial charge in [-0.25, -0.2) is 0 Å². The molecular formula is C6H12O8. The fourth-order valence-electron chi connectivity index (χ4n) is 1.15. The van der Waals surface area contributed by atoms with Gasteiger partial charge in [0.2, 0.25) is 0 Å². The molecule has 0 aliphatic carbocycles. The largest absolute Gasteiger partial charge is 0.394 e. The number of aliphatic hydroxyl groups is 7. The molecule has 0 bridgehead atoms. The molecule has 0 amide bonds. The maximum Gasteiger partial charge on any atom is 0.338 e. The predicted octanol–water partition coefficient (Wildman–Crippen LogP) is -4.58. The van der Waals surface area contributed by atoms with Gasteiger partial charge in [0.05, 0.1) is 6.61 Å². The van der Waals surface area contributed by atoms with Crippen LogP contribution in [-0.2, 0) is 4.74 Å². The van der Waals surface area contributed by atoms with Crippen LogP contribution in [-0.4, -0.2) is 72.4 Å². The van der Waals surface area contributed by atoms with Crippen molar-refractivity contribution in [2.45, 2.75) is 30.1 Å². The van der Waals surface area contributed by atoms with Gasteiger partial charge in [0.15, 0.2) is 0 Å². The number of aliphatic hydroxyl groups excluding tert-OH is 3. The lowest BCUT2D eigenvalue weighted by molar-refractivity contribution is -0.515. The molecule has 1 heterocycles. The van der Waals surface area contributed by atoms with Crippen LogP contribution in [0, 0.1) is 0 Å². The van der Waals surface area contributed by atoms with Crippen molar-refractivity contribution < 1.29 is 40.5 Å². The third-order valence-corrected chi connectivity index (χ3v) is 2.09. The molecule has 1 fully saturated rings. The Morgan fingerprint density at radius 3 is 2.00 bits per heavy atom. The lowest BCUT2D eigenvalue weighted by Gasteiger charge is -2.46. The molecule has 0 aromatic heterocycles. The summed E-state index contributed by atoms with van der Waals surface area (Å²) in [7, 11) is 0. The van der Waals surface area contributed by atoms with E-state index < -0.39 is 36.7 Å². The average molecular weight is 212 g/mol. The lowest BCUT2D eigenvalue weighted by Crippen LogP contribution is -2.73. The van der Waals surface area contributed by atoms with Crippen molar-refractivity contribution in [3.8, 4) is 0 Å². The van der Waals surface area contributed by atoms with E-state index in [1.165, 1.54) is 0 Å². The SMILES string of the molecule is OC[C@H]1OC(O)(O)C(O)(O)[C@@H](O)[C@H]1O. The lowest BCUT2D eigenvalue weighted by atomic mass is 9.94. The highest BCUT2D eigenvalue weighted by molar-refractivity contribution is 4.96. The van der Waals surface area contributed by atoms with E-state index in [-0.39, 0.29) is 0 Å². The quantitative estimate of drug-likeness (QED) is 0.214. The van der Waals surface area contributed by atoms with E-state index in [1.54, 1.807) is 0 Å². The van der Waals surface area contributed by atoms with Crippen molar-refractivity contribution >= 4 is 0 Å². The van der Waals surface area contributed by atoms with Crippen LogP contribution in [0.25, 0.3) is 0 Å². The maximum atomic E-state index is 9.13. The van der Waals surface area contributed by atoms with Crippen molar-refractivity contribution in [3.63, 3.8) is 0 Å². The predicted molar refractivity (Wildman–Crippen MR) is 38.3 cm³/mol. The highest BCUT2D eigenvalue weighted by Gasteiger charge is 2.63. The van der Waals surface area contributed by atoms with Crippen molar-refractivity contribution in [1.29, 1.82) is 0 Å². The van der Waals surface area contributed by atoms with E-state index in [4.69, 9.17) is 35.7 Å². The van der Waals surface area contributed by atoms with Crippen LogP contribution in [0.4, 0.5) is 0 Å². The Morgan fingerprint density at radius 2 is 1.57 bits per heavy atom. The first-order chi connectivity index (χ1) is 6.24. The van der Waals surface area contributed by atoms with Gasteiger partial charge in [-0.05, 0) is 0 Å². The number of rotatable bonds is 1. The van der Waals surface area contributed by atoms with Crippen LogP contribution >= 0.6 is 0 Å². The minimum atomic E-state index is -3.46. The summed E-state index contributed by atoms with van der Waals surface area (Å²) >= 11 is 0. The molecular weight excluding hydrogens is 200 g/mol. The van der Waals surface area contributed by atoms with Crippen LogP contribution in [0.1, 0.15) is 0 Å². The second kappa shape index (κ2) is 3.36. The van der Waals surface area contributed by atoms with Crippen LogP contribution < -0.4 is 0 Å². The molecule has 1 aliphatic rings. The maximum absolute atomic E-state index is 9.13. The molecule has 0 radical (unpaired) electrons. The monoisotopic (exact) mass is 212 g/mol. The van der Waals surface area contributed by atoms with E-state index in [2.05, 4.69) is 4.74 Å². The zero-order valence-corrected chi connectivity index (χ0v) is 6.98. The summed E-state index contributed by atoms with van der Waals surface area (Å²) in [5.74, 6) is -6.89. The summed E-state index contributed by atoms with van der Waals surface area (Å²) in [4.78, 5) is 0. The van der Waals surface area contributed by atoms with Gasteiger partial charge in [-0.15, -0.1) is 0 Å². The van der Waals surface area contributed by atoms with Gasteiger partial charge in [-0.3, -0.25) is 0 Å². The molecule has 14 heavy (non-hydrogen) atoms. The summed E-state index contributed by atoms with van der Waals surface area (Å²) in [6.45, 7) is -0.822. The van der Waals surface area contributed by atoms with Gasteiger partial charge < -0.3 is 40.5 Å². The van der Waals surface area contributed by atoms with Crippen LogP contribution in [0.5, 0.6) is 0 Å². The van der Waals surface area contributed by atoms with Crippen molar-refractivity contribution in [2.24, 2.45) is 0 Å². The molecule has 7 N–H and O–H groups in total. The zero-order valence-electron chi connectivity index (χ0n) is 6.98. The molecule has 1 saturated heterocycles. The smallest absolute Gasteiger partial charge is 0.338 e. The molecule has 3 atom stereocenters. The van der Waals surface area contributed by atoms with E-state index in [0.717, 1.165) is 0 Å². The van der Waals surface area contributed by atoms with Gasteiger partial charge in [-0.1, -0.05) is 0 Å². The highest BCUT2D eigenvalue weighted by atomic mass is 16.8. The summed E-state index contributed by atoms with van der Waals surface area (Å²) in [5.41, 5.74) is 0. The summed E-state index contributed by atoms with van der Waals surface area (Å²) < 4.78 is 4.17. The molecule has 1 rings (SSSR count). The van der Waals surface area contributed by atoms with Crippen molar-refractivity contribution in [3.05, 3.63) is 0 Å². The first-order valence-electron chi connectivity index (χ1n) is 3.78. The Hall–Kier alpha value is -0.320. The minimum Gasteiger partial charge on any atom is -0.394 e. The second-order valence-electron chi connectivity index (χ2n) is 3.11. The number of hydrogen-bond donors (Lipinski definition) is 7. The minimum absolute atomic E-state index is 0.822.